The number of aryl methyl sites for hydroxylation is 1. The summed E-state index contributed by atoms with van der Waals surface area (Å²) in [5.74, 6) is 0. The van der Waals surface area contributed by atoms with Gasteiger partial charge in [-0.25, -0.2) is 0 Å². The van der Waals surface area contributed by atoms with Gasteiger partial charge in [0.05, 0.1) is 6.04 Å². The molecule has 0 aliphatic heterocycles. The fourth-order valence-corrected chi connectivity index (χ4v) is 5.41. The first-order valence-electron chi connectivity index (χ1n) is 13.0. The van der Waals surface area contributed by atoms with Crippen LogP contribution in [0, 0.1) is 6.92 Å². The van der Waals surface area contributed by atoms with Crippen molar-refractivity contribution in [2.45, 2.75) is 52.5 Å². The molecule has 4 aromatic rings. The van der Waals surface area contributed by atoms with Crippen molar-refractivity contribution in [3.05, 3.63) is 125 Å². The van der Waals surface area contributed by atoms with E-state index in [1.807, 2.05) is 0 Å². The highest BCUT2D eigenvalue weighted by molar-refractivity contribution is 5.83. The summed E-state index contributed by atoms with van der Waals surface area (Å²) >= 11 is 0. The largest absolute Gasteiger partial charge is 0.378 e. The number of nitrogens with one attached hydrogen (secondary N) is 2. The van der Waals surface area contributed by atoms with Gasteiger partial charge >= 0.3 is 0 Å². The number of benzene rings is 3. The molecule has 0 spiro atoms. The molecule has 0 saturated heterocycles. The van der Waals surface area contributed by atoms with E-state index in [2.05, 4.69) is 117 Å². The average Bonchev–Trinajstić information content (AvgIpc) is 3.45. The Labute approximate surface area is 215 Å². The van der Waals surface area contributed by atoms with Crippen LogP contribution in [0.15, 0.2) is 103 Å². The second kappa shape index (κ2) is 10.1. The molecular weight excluding hydrogens is 436 g/mol. The summed E-state index contributed by atoms with van der Waals surface area (Å²) in [5.41, 5.74) is 14.0. The Bertz CT molecular complexity index is 1460. The molecule has 0 fully saturated rings. The predicted molar refractivity (Wildman–Crippen MR) is 155 cm³/mol. The molecule has 2 nitrogen and oxygen atoms in total. The fraction of sp³-hybridized carbons (Fsp3) is 0.235. The van der Waals surface area contributed by atoms with Gasteiger partial charge in [-0.1, -0.05) is 98.3 Å². The van der Waals surface area contributed by atoms with Crippen molar-refractivity contribution in [1.29, 1.82) is 0 Å². The number of H-pyrrole nitrogens is 1. The third kappa shape index (κ3) is 4.68. The van der Waals surface area contributed by atoms with Gasteiger partial charge in [0.2, 0.25) is 0 Å². The molecule has 1 aromatic heterocycles. The van der Waals surface area contributed by atoms with Gasteiger partial charge in [-0.2, -0.15) is 0 Å². The summed E-state index contributed by atoms with van der Waals surface area (Å²) < 4.78 is 0. The molecule has 2 heteroatoms. The molecule has 3 aromatic carbocycles. The van der Waals surface area contributed by atoms with Crippen LogP contribution in [0.4, 0.5) is 0 Å². The molecule has 1 heterocycles. The van der Waals surface area contributed by atoms with Crippen molar-refractivity contribution in [3.8, 4) is 11.1 Å². The summed E-state index contributed by atoms with van der Waals surface area (Å²) in [4.78, 5) is 3.41. The van der Waals surface area contributed by atoms with Crippen LogP contribution in [-0.4, -0.2) is 11.0 Å². The van der Waals surface area contributed by atoms with Gasteiger partial charge in [0, 0.05) is 29.2 Å². The number of rotatable bonds is 9. The minimum absolute atomic E-state index is 0.124. The lowest BCUT2D eigenvalue weighted by atomic mass is 9.96. The SMILES string of the molecule is C=C(NC(Cc1c[nH]c2ccccc12)C(=C)C)C1=C(CCC)c2ccc(-c3ccc(C)cc3)cc2C1. The van der Waals surface area contributed by atoms with Crippen LogP contribution in [0.2, 0.25) is 0 Å². The first-order chi connectivity index (χ1) is 17.4. The summed E-state index contributed by atoms with van der Waals surface area (Å²) in [6.45, 7) is 15.4. The van der Waals surface area contributed by atoms with E-state index in [9.17, 15) is 0 Å². The second-order valence-electron chi connectivity index (χ2n) is 10.2. The van der Waals surface area contributed by atoms with Crippen LogP contribution in [0.5, 0.6) is 0 Å². The molecule has 1 aliphatic rings. The lowest BCUT2D eigenvalue weighted by Crippen LogP contribution is -2.32. The van der Waals surface area contributed by atoms with Crippen LogP contribution in [0.3, 0.4) is 0 Å². The van der Waals surface area contributed by atoms with Crippen LogP contribution >= 0.6 is 0 Å². The molecular formula is C34H36N2. The zero-order chi connectivity index (χ0) is 25.2. The Morgan fingerprint density at radius 2 is 1.75 bits per heavy atom. The van der Waals surface area contributed by atoms with Gasteiger partial charge in [-0.05, 0) is 71.7 Å². The zero-order valence-electron chi connectivity index (χ0n) is 21.7. The molecule has 36 heavy (non-hydrogen) atoms. The Hall–Kier alpha value is -3.78. The average molecular weight is 473 g/mol. The molecule has 0 radical (unpaired) electrons. The van der Waals surface area contributed by atoms with E-state index in [1.54, 1.807) is 0 Å². The topological polar surface area (TPSA) is 27.8 Å². The number of hydrogen-bond donors (Lipinski definition) is 2. The van der Waals surface area contributed by atoms with Gasteiger partial charge in [-0.15, -0.1) is 0 Å². The number of fused-ring (bicyclic) bond motifs is 2. The molecule has 0 saturated carbocycles. The first-order valence-corrected chi connectivity index (χ1v) is 13.0. The molecule has 0 amide bonds. The van der Waals surface area contributed by atoms with Crippen molar-refractivity contribution in [1.82, 2.24) is 10.3 Å². The predicted octanol–water partition coefficient (Wildman–Crippen LogP) is 8.54. The van der Waals surface area contributed by atoms with E-state index in [1.165, 1.54) is 55.4 Å². The maximum Gasteiger partial charge on any atom is 0.0509 e. The molecule has 5 rings (SSSR count). The zero-order valence-corrected chi connectivity index (χ0v) is 21.7. The van der Waals surface area contributed by atoms with Gasteiger partial charge < -0.3 is 10.3 Å². The lowest BCUT2D eigenvalue weighted by Gasteiger charge is -2.23. The normalized spacial score (nSPS) is 13.6. The van der Waals surface area contributed by atoms with Gasteiger partial charge in [-0.3, -0.25) is 0 Å². The number of aromatic nitrogens is 1. The van der Waals surface area contributed by atoms with Gasteiger partial charge in [0.1, 0.15) is 0 Å². The fourth-order valence-electron chi connectivity index (χ4n) is 5.41. The molecule has 0 bridgehead atoms. The van der Waals surface area contributed by atoms with E-state index >= 15 is 0 Å². The van der Waals surface area contributed by atoms with E-state index in [4.69, 9.17) is 0 Å². The standard InChI is InChI=1S/C34H36N2/c1-6-9-31-29-17-16-26(25-14-12-23(4)13-15-25)18-27(29)19-32(31)24(5)36-34(22(2)3)20-28-21-35-33-11-8-7-10-30(28)33/h7-8,10-18,21,34-36H,2,5-6,9,19-20H2,1,3-4H3. The van der Waals surface area contributed by atoms with E-state index < -0.39 is 0 Å². The van der Waals surface area contributed by atoms with Crippen LogP contribution < -0.4 is 5.32 Å². The Morgan fingerprint density at radius 1 is 1.00 bits per heavy atom. The summed E-state index contributed by atoms with van der Waals surface area (Å²) in [6, 6.07) is 24.4. The highest BCUT2D eigenvalue weighted by Crippen LogP contribution is 2.40. The summed E-state index contributed by atoms with van der Waals surface area (Å²) in [7, 11) is 0. The third-order valence-electron chi connectivity index (χ3n) is 7.45. The van der Waals surface area contributed by atoms with Gasteiger partial charge in [0.25, 0.3) is 0 Å². The molecule has 1 atom stereocenters. The molecule has 1 aliphatic carbocycles. The van der Waals surface area contributed by atoms with Crippen LogP contribution in [0.1, 0.15) is 48.9 Å². The maximum absolute atomic E-state index is 4.54. The molecule has 182 valence electrons. The second-order valence-corrected chi connectivity index (χ2v) is 10.2. The highest BCUT2D eigenvalue weighted by atomic mass is 14.9. The number of aromatic amines is 1. The quantitative estimate of drug-likeness (QED) is 0.235. The van der Waals surface area contributed by atoms with Crippen LogP contribution in [0.25, 0.3) is 27.6 Å². The van der Waals surface area contributed by atoms with E-state index in [-0.39, 0.29) is 6.04 Å². The van der Waals surface area contributed by atoms with Gasteiger partial charge in [0.15, 0.2) is 0 Å². The lowest BCUT2D eigenvalue weighted by molar-refractivity contribution is 0.642. The Kier molecular flexibility index (Phi) is 6.69. The number of hydrogen-bond acceptors (Lipinski definition) is 1. The van der Waals surface area contributed by atoms with E-state index in [0.29, 0.717) is 0 Å². The maximum atomic E-state index is 4.54. The van der Waals surface area contributed by atoms with Crippen molar-refractivity contribution < 1.29 is 0 Å². The molecule has 1 unspecified atom stereocenters. The smallest absolute Gasteiger partial charge is 0.0509 e. The van der Waals surface area contributed by atoms with Crippen molar-refractivity contribution in [2.24, 2.45) is 0 Å². The first kappa shape index (κ1) is 23.9. The Morgan fingerprint density at radius 3 is 2.50 bits per heavy atom. The number of allylic oxidation sites excluding steroid dienone is 2. The minimum atomic E-state index is 0.124. The van der Waals surface area contributed by atoms with Crippen molar-refractivity contribution in [2.75, 3.05) is 0 Å². The minimum Gasteiger partial charge on any atom is -0.378 e. The Balaban J connectivity index is 1.39. The third-order valence-corrected chi connectivity index (χ3v) is 7.45. The monoisotopic (exact) mass is 472 g/mol. The summed E-state index contributed by atoms with van der Waals surface area (Å²) in [6.07, 6.45) is 6.11. The number of para-hydroxylation sites is 1. The highest BCUT2D eigenvalue weighted by Gasteiger charge is 2.25. The van der Waals surface area contributed by atoms with E-state index in [0.717, 1.165) is 37.0 Å². The van der Waals surface area contributed by atoms with Crippen molar-refractivity contribution in [3.63, 3.8) is 0 Å². The van der Waals surface area contributed by atoms with Crippen molar-refractivity contribution >= 4 is 16.5 Å². The molecule has 2 N–H and O–H groups in total. The van der Waals surface area contributed by atoms with Crippen LogP contribution in [-0.2, 0) is 12.8 Å². The summed E-state index contributed by atoms with van der Waals surface area (Å²) in [5, 5.41) is 5.05.